The molecule has 6 heteroatoms. The molecule has 0 amide bonds. The number of nitro benzene ring substituents is 1. The number of nitrogens with zero attached hydrogens (tertiary/aromatic N) is 3. The second kappa shape index (κ2) is 7.56. The van der Waals surface area contributed by atoms with Gasteiger partial charge in [0.25, 0.3) is 5.69 Å². The van der Waals surface area contributed by atoms with E-state index in [4.69, 9.17) is 5.73 Å². The summed E-state index contributed by atoms with van der Waals surface area (Å²) in [4.78, 5) is 15.1. The molecule has 29 heavy (non-hydrogen) atoms. The van der Waals surface area contributed by atoms with Crippen molar-refractivity contribution in [2.45, 2.75) is 19.3 Å². The predicted octanol–water partition coefficient (Wildman–Crippen LogP) is 4.99. The highest BCUT2D eigenvalue weighted by molar-refractivity contribution is 5.89. The molecular formula is C23H18N4O2. The standard InChI is InChI=1S/C23H18N4O2/c24-14-20-21(16-9-11-18(12-10-16)27(28)29)19-8-4-7-17(22(19)26-23(20)25)13-15-5-2-1-3-6-15/h1-3,5-6,9-13H,4,7-8H2,(H2,25,26). The number of nitrogen functional groups attached to an aromatic ring is 1. The van der Waals surface area contributed by atoms with Crippen molar-refractivity contribution < 1.29 is 4.92 Å². The second-order valence-corrected chi connectivity index (χ2v) is 6.92. The number of nitro groups is 1. The highest BCUT2D eigenvalue weighted by atomic mass is 16.6. The molecule has 1 aliphatic rings. The number of pyridine rings is 1. The van der Waals surface area contributed by atoms with Crippen LogP contribution in [0.25, 0.3) is 22.8 Å². The smallest absolute Gasteiger partial charge is 0.269 e. The van der Waals surface area contributed by atoms with Crippen LogP contribution >= 0.6 is 0 Å². The molecule has 2 N–H and O–H groups in total. The van der Waals surface area contributed by atoms with E-state index in [1.165, 1.54) is 12.1 Å². The first kappa shape index (κ1) is 18.4. The average molecular weight is 382 g/mol. The zero-order chi connectivity index (χ0) is 20.4. The minimum atomic E-state index is -0.438. The zero-order valence-electron chi connectivity index (χ0n) is 15.6. The van der Waals surface area contributed by atoms with Gasteiger partial charge in [-0.1, -0.05) is 30.3 Å². The van der Waals surface area contributed by atoms with E-state index in [0.29, 0.717) is 5.56 Å². The third-order valence-corrected chi connectivity index (χ3v) is 5.12. The molecule has 6 nitrogen and oxygen atoms in total. The molecule has 0 fully saturated rings. The van der Waals surface area contributed by atoms with Crippen molar-refractivity contribution >= 4 is 23.2 Å². The van der Waals surface area contributed by atoms with Crippen LogP contribution < -0.4 is 5.73 Å². The summed E-state index contributed by atoms with van der Waals surface area (Å²) < 4.78 is 0. The van der Waals surface area contributed by atoms with Crippen molar-refractivity contribution in [2.24, 2.45) is 0 Å². The molecule has 0 unspecified atom stereocenters. The molecule has 142 valence electrons. The van der Waals surface area contributed by atoms with Crippen LogP contribution in [-0.2, 0) is 6.42 Å². The van der Waals surface area contributed by atoms with Crippen molar-refractivity contribution in [3.8, 4) is 17.2 Å². The lowest BCUT2D eigenvalue weighted by molar-refractivity contribution is -0.384. The number of hydrogen-bond acceptors (Lipinski definition) is 5. The molecule has 3 aromatic rings. The lowest BCUT2D eigenvalue weighted by Gasteiger charge is -2.23. The van der Waals surface area contributed by atoms with E-state index in [0.717, 1.165) is 52.8 Å². The van der Waals surface area contributed by atoms with Crippen molar-refractivity contribution in [1.29, 1.82) is 5.26 Å². The number of fused-ring (bicyclic) bond motifs is 1. The predicted molar refractivity (Wildman–Crippen MR) is 113 cm³/mol. The Kier molecular flexibility index (Phi) is 4.80. The van der Waals surface area contributed by atoms with Crippen LogP contribution in [0, 0.1) is 21.4 Å². The maximum Gasteiger partial charge on any atom is 0.269 e. The fourth-order valence-corrected chi connectivity index (χ4v) is 3.80. The summed E-state index contributed by atoms with van der Waals surface area (Å²) in [6, 6.07) is 18.4. The highest BCUT2D eigenvalue weighted by Crippen LogP contribution is 2.40. The minimum absolute atomic E-state index is 0.00724. The van der Waals surface area contributed by atoms with E-state index in [9.17, 15) is 15.4 Å². The number of hydrogen-bond donors (Lipinski definition) is 1. The van der Waals surface area contributed by atoms with Gasteiger partial charge < -0.3 is 5.73 Å². The van der Waals surface area contributed by atoms with E-state index in [1.54, 1.807) is 12.1 Å². The maximum absolute atomic E-state index is 11.0. The lowest BCUT2D eigenvalue weighted by atomic mass is 9.83. The van der Waals surface area contributed by atoms with E-state index >= 15 is 0 Å². The van der Waals surface area contributed by atoms with E-state index in [-0.39, 0.29) is 11.5 Å². The first-order chi connectivity index (χ1) is 14.1. The van der Waals surface area contributed by atoms with Gasteiger partial charge in [-0.05, 0) is 59.7 Å². The maximum atomic E-state index is 11.0. The molecule has 1 aliphatic carbocycles. The number of nitriles is 1. The molecule has 0 atom stereocenters. The van der Waals surface area contributed by atoms with Crippen LogP contribution in [0.15, 0.2) is 54.6 Å². The van der Waals surface area contributed by atoms with Crippen molar-refractivity contribution in [1.82, 2.24) is 4.98 Å². The summed E-state index contributed by atoms with van der Waals surface area (Å²) in [5.41, 5.74) is 11.9. The summed E-state index contributed by atoms with van der Waals surface area (Å²) in [5.74, 6) is 0.181. The van der Waals surface area contributed by atoms with Crippen molar-refractivity contribution in [2.75, 3.05) is 5.73 Å². The van der Waals surface area contributed by atoms with Gasteiger partial charge in [-0.15, -0.1) is 0 Å². The lowest BCUT2D eigenvalue weighted by Crippen LogP contribution is -2.11. The van der Waals surface area contributed by atoms with Crippen molar-refractivity contribution in [3.63, 3.8) is 0 Å². The van der Waals surface area contributed by atoms with Gasteiger partial charge in [0, 0.05) is 17.7 Å². The molecule has 2 aromatic carbocycles. The van der Waals surface area contributed by atoms with Crippen LogP contribution in [0.5, 0.6) is 0 Å². The molecular weight excluding hydrogens is 364 g/mol. The van der Waals surface area contributed by atoms with Crippen LogP contribution in [0.1, 0.15) is 35.2 Å². The third kappa shape index (κ3) is 3.46. The van der Waals surface area contributed by atoms with Gasteiger partial charge in [0.15, 0.2) is 0 Å². The topological polar surface area (TPSA) is 106 Å². The molecule has 0 radical (unpaired) electrons. The Bertz CT molecular complexity index is 1160. The molecule has 0 saturated carbocycles. The number of non-ortho nitro benzene ring substituents is 1. The average Bonchev–Trinajstić information content (AvgIpc) is 2.74. The summed E-state index contributed by atoms with van der Waals surface area (Å²) >= 11 is 0. The van der Waals surface area contributed by atoms with Crippen LogP contribution in [-0.4, -0.2) is 9.91 Å². The van der Waals surface area contributed by atoms with Gasteiger partial charge in [0.2, 0.25) is 0 Å². The third-order valence-electron chi connectivity index (χ3n) is 5.12. The Hall–Kier alpha value is -3.98. The number of rotatable bonds is 3. The van der Waals surface area contributed by atoms with Gasteiger partial charge >= 0.3 is 0 Å². The number of benzene rings is 2. The largest absolute Gasteiger partial charge is 0.383 e. The summed E-state index contributed by atoms with van der Waals surface area (Å²) in [6.45, 7) is 0. The Balaban J connectivity index is 1.92. The first-order valence-corrected chi connectivity index (χ1v) is 9.31. The monoisotopic (exact) mass is 382 g/mol. The van der Waals surface area contributed by atoms with E-state index in [2.05, 4.69) is 17.1 Å². The Morgan fingerprint density at radius 1 is 1.10 bits per heavy atom. The van der Waals surface area contributed by atoms with Gasteiger partial charge in [-0.2, -0.15) is 5.26 Å². The summed E-state index contributed by atoms with van der Waals surface area (Å²) in [6.07, 6.45) is 4.69. The number of nitrogens with two attached hydrogens (primary N) is 1. The van der Waals surface area contributed by atoms with E-state index < -0.39 is 4.92 Å². The Morgan fingerprint density at radius 3 is 2.48 bits per heavy atom. The molecule has 0 aliphatic heterocycles. The van der Waals surface area contributed by atoms with Gasteiger partial charge in [-0.25, -0.2) is 4.98 Å². The minimum Gasteiger partial charge on any atom is -0.383 e. The van der Waals surface area contributed by atoms with Crippen LogP contribution in [0.4, 0.5) is 11.5 Å². The van der Waals surface area contributed by atoms with E-state index in [1.807, 2.05) is 30.3 Å². The zero-order valence-corrected chi connectivity index (χ0v) is 15.6. The number of aromatic nitrogens is 1. The highest BCUT2D eigenvalue weighted by Gasteiger charge is 2.25. The molecule has 1 aromatic heterocycles. The quantitative estimate of drug-likeness (QED) is 0.507. The summed E-state index contributed by atoms with van der Waals surface area (Å²) in [7, 11) is 0. The SMILES string of the molecule is N#Cc1c(N)nc2c(c1-c1ccc([N+](=O)[O-])cc1)CCCC2=Cc1ccccc1. The van der Waals surface area contributed by atoms with Gasteiger partial charge in [-0.3, -0.25) is 10.1 Å². The van der Waals surface area contributed by atoms with Gasteiger partial charge in [0.1, 0.15) is 17.5 Å². The molecule has 4 rings (SSSR count). The Morgan fingerprint density at radius 2 is 1.83 bits per heavy atom. The first-order valence-electron chi connectivity index (χ1n) is 9.31. The fourth-order valence-electron chi connectivity index (χ4n) is 3.80. The van der Waals surface area contributed by atoms with Gasteiger partial charge in [0.05, 0.1) is 10.6 Å². The van der Waals surface area contributed by atoms with Crippen LogP contribution in [0.3, 0.4) is 0 Å². The van der Waals surface area contributed by atoms with Crippen LogP contribution in [0.2, 0.25) is 0 Å². The summed E-state index contributed by atoms with van der Waals surface area (Å²) in [5, 5.41) is 20.7. The second-order valence-electron chi connectivity index (χ2n) is 6.92. The molecule has 0 spiro atoms. The number of anilines is 1. The fraction of sp³-hybridized carbons (Fsp3) is 0.130. The molecule has 0 saturated heterocycles. The molecule has 1 heterocycles. The number of allylic oxidation sites excluding steroid dienone is 1. The van der Waals surface area contributed by atoms with Crippen molar-refractivity contribution in [3.05, 3.63) is 87.1 Å². The normalized spacial score (nSPS) is 14.2. The molecule has 0 bridgehead atoms. The Labute approximate surface area is 168 Å².